The number of aryl methyl sites for hydroxylation is 3. The lowest BCUT2D eigenvalue weighted by molar-refractivity contribution is 0.0598. The molecule has 2 aromatic rings. The molecule has 0 saturated carbocycles. The van der Waals surface area contributed by atoms with Crippen LogP contribution in [0.3, 0.4) is 0 Å². The zero-order valence-corrected chi connectivity index (χ0v) is 20.2. The Bertz CT molecular complexity index is 879. The summed E-state index contributed by atoms with van der Waals surface area (Å²) in [6.45, 7) is 11.8. The monoisotopic (exact) mass is 447 g/mol. The van der Waals surface area contributed by atoms with Crippen LogP contribution in [-0.4, -0.2) is 37.2 Å². The molecule has 0 aliphatic rings. The van der Waals surface area contributed by atoms with Crippen LogP contribution in [0, 0.1) is 20.8 Å². The molecule has 0 saturated heterocycles. The number of hydrogen-bond donors (Lipinski definition) is 2. The predicted octanol–water partition coefficient (Wildman–Crippen LogP) is 5.82. The van der Waals surface area contributed by atoms with Crippen molar-refractivity contribution in [1.82, 2.24) is 10.3 Å². The van der Waals surface area contributed by atoms with Crippen molar-refractivity contribution < 1.29 is 14.3 Å². The van der Waals surface area contributed by atoms with Crippen molar-refractivity contribution in [2.75, 3.05) is 25.5 Å². The number of esters is 1. The normalized spacial score (nSPS) is 11.8. The highest BCUT2D eigenvalue weighted by molar-refractivity contribution is 6.30. The molecule has 0 aliphatic carbocycles. The Labute approximate surface area is 190 Å². The van der Waals surface area contributed by atoms with Crippen LogP contribution in [0.2, 0.25) is 5.02 Å². The average molecular weight is 448 g/mol. The van der Waals surface area contributed by atoms with Gasteiger partial charge in [-0.05, 0) is 69.5 Å². The van der Waals surface area contributed by atoms with Crippen LogP contribution < -0.4 is 15.4 Å². The summed E-state index contributed by atoms with van der Waals surface area (Å²) < 4.78 is 11.2. The quantitative estimate of drug-likeness (QED) is 0.334. The number of nitrogens with zero attached hydrogens (tertiary/aromatic N) is 1. The molecule has 7 heteroatoms. The summed E-state index contributed by atoms with van der Waals surface area (Å²) in [5, 5.41) is 7.60. The number of aromatic nitrogens is 1. The second kappa shape index (κ2) is 11.9. The van der Waals surface area contributed by atoms with Gasteiger partial charge < -0.3 is 20.1 Å². The highest BCUT2D eigenvalue weighted by Gasteiger charge is 2.24. The SMILES string of the molecule is CCCCNCC(CC)Nc1cc(C)nc(Oc2c(C)cc(Cl)cc2C)c1C(=O)OC. The van der Waals surface area contributed by atoms with Gasteiger partial charge in [-0.3, -0.25) is 0 Å². The van der Waals surface area contributed by atoms with E-state index in [-0.39, 0.29) is 17.5 Å². The van der Waals surface area contributed by atoms with Crippen molar-refractivity contribution in [1.29, 1.82) is 0 Å². The largest absolute Gasteiger partial charge is 0.465 e. The van der Waals surface area contributed by atoms with Crippen LogP contribution in [0.25, 0.3) is 0 Å². The van der Waals surface area contributed by atoms with Crippen molar-refractivity contribution in [2.24, 2.45) is 0 Å². The highest BCUT2D eigenvalue weighted by atomic mass is 35.5. The Morgan fingerprint density at radius 3 is 2.42 bits per heavy atom. The molecule has 170 valence electrons. The standard InChI is InChI=1S/C24H34ClN3O3/c1-7-9-10-26-14-19(8-2)28-20-13-17(5)27-23(21(20)24(29)30-6)31-22-15(3)11-18(25)12-16(22)4/h11-13,19,26H,7-10,14H2,1-6H3,(H,27,28). The van der Waals surface area contributed by atoms with E-state index >= 15 is 0 Å². The summed E-state index contributed by atoms with van der Waals surface area (Å²) in [4.78, 5) is 17.2. The van der Waals surface area contributed by atoms with Crippen molar-refractivity contribution in [2.45, 2.75) is 59.9 Å². The Morgan fingerprint density at radius 1 is 1.16 bits per heavy atom. The first-order valence-electron chi connectivity index (χ1n) is 10.8. The fraction of sp³-hybridized carbons (Fsp3) is 0.500. The minimum atomic E-state index is -0.497. The molecule has 1 heterocycles. The van der Waals surface area contributed by atoms with Crippen LogP contribution in [0.5, 0.6) is 11.6 Å². The molecule has 0 amide bonds. The van der Waals surface area contributed by atoms with Gasteiger partial charge in [0.05, 0.1) is 12.8 Å². The Hall–Kier alpha value is -2.31. The first-order valence-corrected chi connectivity index (χ1v) is 11.2. The van der Waals surface area contributed by atoms with Gasteiger partial charge in [0.15, 0.2) is 0 Å². The van der Waals surface area contributed by atoms with E-state index in [1.807, 2.05) is 39.0 Å². The number of unbranched alkanes of at least 4 members (excludes halogenated alkanes) is 1. The molecule has 1 atom stereocenters. The number of ether oxygens (including phenoxy) is 2. The van der Waals surface area contributed by atoms with Crippen LogP contribution in [0.1, 0.15) is 60.3 Å². The maximum Gasteiger partial charge on any atom is 0.345 e. The molecule has 2 N–H and O–H groups in total. The van der Waals surface area contributed by atoms with Gasteiger partial charge in [0, 0.05) is 23.3 Å². The highest BCUT2D eigenvalue weighted by Crippen LogP contribution is 2.35. The van der Waals surface area contributed by atoms with E-state index in [4.69, 9.17) is 21.1 Å². The Balaban J connectivity index is 2.41. The van der Waals surface area contributed by atoms with E-state index in [1.54, 1.807) is 0 Å². The van der Waals surface area contributed by atoms with Gasteiger partial charge in [0.2, 0.25) is 5.88 Å². The Morgan fingerprint density at radius 2 is 1.84 bits per heavy atom. The van der Waals surface area contributed by atoms with E-state index in [0.29, 0.717) is 16.5 Å². The van der Waals surface area contributed by atoms with Crippen LogP contribution in [-0.2, 0) is 4.74 Å². The van der Waals surface area contributed by atoms with Gasteiger partial charge in [-0.1, -0.05) is 31.9 Å². The van der Waals surface area contributed by atoms with E-state index in [1.165, 1.54) is 7.11 Å². The number of nitrogens with one attached hydrogen (secondary N) is 2. The molecule has 6 nitrogen and oxygen atoms in total. The smallest absolute Gasteiger partial charge is 0.345 e. The van der Waals surface area contributed by atoms with E-state index < -0.39 is 5.97 Å². The Kier molecular flexibility index (Phi) is 9.59. The van der Waals surface area contributed by atoms with E-state index in [2.05, 4.69) is 29.5 Å². The van der Waals surface area contributed by atoms with E-state index in [0.717, 1.165) is 49.2 Å². The lowest BCUT2D eigenvalue weighted by atomic mass is 10.1. The molecule has 0 radical (unpaired) electrons. The first kappa shape index (κ1) is 25.0. The molecular weight excluding hydrogens is 414 g/mol. The lowest BCUT2D eigenvalue weighted by Gasteiger charge is -2.22. The topological polar surface area (TPSA) is 72.5 Å². The van der Waals surface area contributed by atoms with Gasteiger partial charge in [-0.2, -0.15) is 0 Å². The predicted molar refractivity (Wildman–Crippen MR) is 127 cm³/mol. The maximum absolute atomic E-state index is 12.7. The summed E-state index contributed by atoms with van der Waals surface area (Å²) in [6.07, 6.45) is 3.18. The number of rotatable bonds is 11. The molecule has 0 fully saturated rings. The van der Waals surface area contributed by atoms with Gasteiger partial charge in [0.25, 0.3) is 0 Å². The van der Waals surface area contributed by atoms with Crippen molar-refractivity contribution >= 4 is 23.3 Å². The molecule has 2 rings (SSSR count). The molecular formula is C24H34ClN3O3. The zero-order chi connectivity index (χ0) is 23.0. The third-order valence-corrected chi connectivity index (χ3v) is 5.30. The number of carbonyl (C=O) groups excluding carboxylic acids is 1. The number of halogens is 1. The number of carbonyl (C=O) groups is 1. The first-order chi connectivity index (χ1) is 14.8. The fourth-order valence-electron chi connectivity index (χ4n) is 3.38. The summed E-state index contributed by atoms with van der Waals surface area (Å²) in [5.74, 6) is 0.353. The minimum Gasteiger partial charge on any atom is -0.465 e. The van der Waals surface area contributed by atoms with Gasteiger partial charge in [-0.25, -0.2) is 9.78 Å². The average Bonchev–Trinajstić information content (AvgIpc) is 2.72. The zero-order valence-electron chi connectivity index (χ0n) is 19.4. The molecule has 1 unspecified atom stereocenters. The van der Waals surface area contributed by atoms with Crippen molar-refractivity contribution in [3.05, 3.63) is 45.6 Å². The summed E-state index contributed by atoms with van der Waals surface area (Å²) >= 11 is 6.15. The second-order valence-corrected chi connectivity index (χ2v) is 8.20. The summed E-state index contributed by atoms with van der Waals surface area (Å²) in [7, 11) is 1.36. The third kappa shape index (κ3) is 6.84. The van der Waals surface area contributed by atoms with Crippen LogP contribution >= 0.6 is 11.6 Å². The molecule has 0 spiro atoms. The third-order valence-electron chi connectivity index (χ3n) is 5.08. The number of hydrogen-bond acceptors (Lipinski definition) is 6. The molecule has 0 bridgehead atoms. The maximum atomic E-state index is 12.7. The van der Waals surface area contributed by atoms with Gasteiger partial charge >= 0.3 is 5.97 Å². The number of methoxy groups -OCH3 is 1. The van der Waals surface area contributed by atoms with Crippen molar-refractivity contribution in [3.8, 4) is 11.6 Å². The summed E-state index contributed by atoms with van der Waals surface area (Å²) in [5.41, 5.74) is 3.41. The summed E-state index contributed by atoms with van der Waals surface area (Å²) in [6, 6.07) is 5.65. The second-order valence-electron chi connectivity index (χ2n) is 7.76. The van der Waals surface area contributed by atoms with Crippen molar-refractivity contribution in [3.63, 3.8) is 0 Å². The van der Waals surface area contributed by atoms with E-state index in [9.17, 15) is 4.79 Å². The number of benzene rings is 1. The molecule has 0 aliphatic heterocycles. The molecule has 1 aromatic heterocycles. The van der Waals surface area contributed by atoms with Gasteiger partial charge in [0.1, 0.15) is 11.3 Å². The lowest BCUT2D eigenvalue weighted by Crippen LogP contribution is -2.33. The molecule has 1 aromatic carbocycles. The van der Waals surface area contributed by atoms with Crippen LogP contribution in [0.15, 0.2) is 18.2 Å². The van der Waals surface area contributed by atoms with Crippen LogP contribution in [0.4, 0.5) is 5.69 Å². The minimum absolute atomic E-state index is 0.147. The number of anilines is 1. The van der Waals surface area contributed by atoms with Gasteiger partial charge in [-0.15, -0.1) is 0 Å². The fourth-order valence-corrected chi connectivity index (χ4v) is 3.71. The molecule has 31 heavy (non-hydrogen) atoms. The number of pyridine rings is 1.